The quantitative estimate of drug-likeness (QED) is 0.685. The molecule has 0 spiro atoms. The Bertz CT molecular complexity index is 968. The number of nitrogens with one attached hydrogen (secondary N) is 2. The summed E-state index contributed by atoms with van der Waals surface area (Å²) in [5.41, 5.74) is 1.72. The molecule has 7 nitrogen and oxygen atoms in total. The van der Waals surface area contributed by atoms with Gasteiger partial charge in [-0.3, -0.25) is 14.6 Å². The molecular formula is C21H19N3O4. The predicted octanol–water partition coefficient (Wildman–Crippen LogP) is 3.60. The molecule has 0 atom stereocenters. The summed E-state index contributed by atoms with van der Waals surface area (Å²) in [5.74, 6) is 0.323. The Morgan fingerprint density at radius 1 is 0.786 bits per heavy atom. The molecule has 0 saturated carbocycles. The van der Waals surface area contributed by atoms with Crippen molar-refractivity contribution in [3.63, 3.8) is 0 Å². The van der Waals surface area contributed by atoms with E-state index in [1.54, 1.807) is 60.8 Å². The van der Waals surface area contributed by atoms with Crippen LogP contribution in [0.5, 0.6) is 11.5 Å². The molecule has 2 N–H and O–H groups in total. The van der Waals surface area contributed by atoms with Crippen molar-refractivity contribution in [1.29, 1.82) is 0 Å². The molecule has 0 unspecified atom stereocenters. The minimum atomic E-state index is -0.361. The zero-order valence-corrected chi connectivity index (χ0v) is 15.4. The van der Waals surface area contributed by atoms with Crippen molar-refractivity contribution in [2.24, 2.45) is 0 Å². The first-order valence-corrected chi connectivity index (χ1v) is 8.45. The summed E-state index contributed by atoms with van der Waals surface area (Å²) in [4.78, 5) is 29.0. The number of carbonyl (C=O) groups excluding carboxylic acids is 2. The fourth-order valence-corrected chi connectivity index (χ4v) is 2.53. The van der Waals surface area contributed by atoms with Gasteiger partial charge in [0.25, 0.3) is 11.8 Å². The second kappa shape index (κ2) is 8.68. The fraction of sp³-hybridized carbons (Fsp3) is 0.0952. The number of para-hydroxylation sites is 2. The van der Waals surface area contributed by atoms with Crippen molar-refractivity contribution in [2.75, 3.05) is 24.9 Å². The smallest absolute Gasteiger partial charge is 0.257 e. The lowest BCUT2D eigenvalue weighted by atomic mass is 10.1. The van der Waals surface area contributed by atoms with E-state index in [1.807, 2.05) is 0 Å². The average molecular weight is 377 g/mol. The van der Waals surface area contributed by atoms with Gasteiger partial charge >= 0.3 is 0 Å². The molecule has 0 fully saturated rings. The van der Waals surface area contributed by atoms with Crippen molar-refractivity contribution in [3.05, 3.63) is 78.1 Å². The zero-order chi connectivity index (χ0) is 19.9. The molecule has 3 aromatic rings. The molecule has 0 radical (unpaired) electrons. The van der Waals surface area contributed by atoms with Crippen LogP contribution in [-0.4, -0.2) is 31.0 Å². The number of nitrogens with zero attached hydrogens (tertiary/aromatic N) is 1. The molecule has 0 saturated heterocycles. The fourth-order valence-electron chi connectivity index (χ4n) is 2.53. The molecule has 2 aromatic carbocycles. The largest absolute Gasteiger partial charge is 0.497 e. The van der Waals surface area contributed by atoms with Crippen LogP contribution < -0.4 is 20.1 Å². The number of hydrogen-bond donors (Lipinski definition) is 2. The average Bonchev–Trinajstić information content (AvgIpc) is 2.75. The molecule has 2 amide bonds. The summed E-state index contributed by atoms with van der Waals surface area (Å²) in [7, 11) is 3.03. The number of anilines is 2. The first-order valence-electron chi connectivity index (χ1n) is 8.45. The van der Waals surface area contributed by atoms with E-state index in [-0.39, 0.29) is 11.8 Å². The van der Waals surface area contributed by atoms with Gasteiger partial charge in [0.2, 0.25) is 0 Å². The highest BCUT2D eigenvalue weighted by atomic mass is 16.5. The summed E-state index contributed by atoms with van der Waals surface area (Å²) in [6.07, 6.45) is 3.06. The molecule has 0 aliphatic carbocycles. The van der Waals surface area contributed by atoms with Gasteiger partial charge < -0.3 is 20.1 Å². The normalized spacial score (nSPS) is 10.1. The number of aromatic nitrogens is 1. The molecule has 0 aliphatic heterocycles. The Kier molecular flexibility index (Phi) is 5.86. The van der Waals surface area contributed by atoms with Crippen molar-refractivity contribution >= 4 is 23.2 Å². The van der Waals surface area contributed by atoms with Gasteiger partial charge in [-0.2, -0.15) is 0 Å². The van der Waals surface area contributed by atoms with Gasteiger partial charge in [0.05, 0.1) is 31.2 Å². The van der Waals surface area contributed by atoms with Crippen molar-refractivity contribution in [1.82, 2.24) is 4.98 Å². The predicted molar refractivity (Wildman–Crippen MR) is 106 cm³/mol. The van der Waals surface area contributed by atoms with Gasteiger partial charge in [-0.1, -0.05) is 12.1 Å². The Hall–Kier alpha value is -3.87. The SMILES string of the molecule is COc1cc(OC)cc(C(=O)Nc2ccccc2NC(=O)c2cccnc2)c1. The summed E-state index contributed by atoms with van der Waals surface area (Å²) < 4.78 is 10.4. The summed E-state index contributed by atoms with van der Waals surface area (Å²) in [6.45, 7) is 0. The molecule has 3 rings (SSSR count). The third kappa shape index (κ3) is 4.45. The highest BCUT2D eigenvalue weighted by Crippen LogP contribution is 2.26. The molecule has 1 aromatic heterocycles. The number of pyridine rings is 1. The lowest BCUT2D eigenvalue weighted by Crippen LogP contribution is -2.17. The van der Waals surface area contributed by atoms with E-state index in [4.69, 9.17) is 9.47 Å². The Balaban J connectivity index is 1.82. The van der Waals surface area contributed by atoms with Crippen LogP contribution >= 0.6 is 0 Å². The van der Waals surface area contributed by atoms with E-state index in [9.17, 15) is 9.59 Å². The number of amides is 2. The van der Waals surface area contributed by atoms with Gasteiger partial charge in [0.15, 0.2) is 0 Å². The molecule has 28 heavy (non-hydrogen) atoms. The third-order valence-electron chi connectivity index (χ3n) is 3.96. The van der Waals surface area contributed by atoms with Crippen LogP contribution in [0.15, 0.2) is 67.0 Å². The number of ether oxygens (including phenoxy) is 2. The third-order valence-corrected chi connectivity index (χ3v) is 3.96. The summed E-state index contributed by atoms with van der Waals surface area (Å²) in [5, 5.41) is 5.59. The lowest BCUT2D eigenvalue weighted by molar-refractivity contribution is 0.101. The van der Waals surface area contributed by atoms with Crippen molar-refractivity contribution < 1.29 is 19.1 Å². The minimum absolute atomic E-state index is 0.321. The van der Waals surface area contributed by atoms with Gasteiger partial charge in [-0.05, 0) is 36.4 Å². The maximum Gasteiger partial charge on any atom is 0.257 e. The van der Waals surface area contributed by atoms with Crippen LogP contribution in [0.1, 0.15) is 20.7 Å². The van der Waals surface area contributed by atoms with Crippen LogP contribution in [-0.2, 0) is 0 Å². The van der Waals surface area contributed by atoms with Crippen LogP contribution in [0.3, 0.4) is 0 Å². The summed E-state index contributed by atoms with van der Waals surface area (Å²) >= 11 is 0. The molecule has 142 valence electrons. The van der Waals surface area contributed by atoms with Crippen LogP contribution in [0.25, 0.3) is 0 Å². The van der Waals surface area contributed by atoms with Crippen LogP contribution in [0, 0.1) is 0 Å². The van der Waals surface area contributed by atoms with Crippen molar-refractivity contribution in [2.45, 2.75) is 0 Å². The highest BCUT2D eigenvalue weighted by molar-refractivity contribution is 6.10. The second-order valence-electron chi connectivity index (χ2n) is 5.80. The van der Waals surface area contributed by atoms with E-state index < -0.39 is 0 Å². The van der Waals surface area contributed by atoms with Gasteiger partial charge in [-0.15, -0.1) is 0 Å². The van der Waals surface area contributed by atoms with E-state index in [1.165, 1.54) is 20.4 Å². The van der Waals surface area contributed by atoms with Crippen LogP contribution in [0.2, 0.25) is 0 Å². The molecule has 1 heterocycles. The van der Waals surface area contributed by atoms with Crippen molar-refractivity contribution in [3.8, 4) is 11.5 Å². The van der Waals surface area contributed by atoms with E-state index in [2.05, 4.69) is 15.6 Å². The van der Waals surface area contributed by atoms with Crippen LogP contribution in [0.4, 0.5) is 11.4 Å². The Morgan fingerprint density at radius 3 is 1.86 bits per heavy atom. The number of carbonyl (C=O) groups is 2. The maximum atomic E-state index is 12.7. The number of hydrogen-bond acceptors (Lipinski definition) is 5. The highest BCUT2D eigenvalue weighted by Gasteiger charge is 2.14. The minimum Gasteiger partial charge on any atom is -0.497 e. The first kappa shape index (κ1) is 18.9. The number of benzene rings is 2. The van der Waals surface area contributed by atoms with E-state index in [0.29, 0.717) is 34.0 Å². The maximum absolute atomic E-state index is 12.7. The van der Waals surface area contributed by atoms with Gasteiger partial charge in [0.1, 0.15) is 11.5 Å². The van der Waals surface area contributed by atoms with E-state index >= 15 is 0 Å². The monoisotopic (exact) mass is 377 g/mol. The standard InChI is InChI=1S/C21H19N3O4/c1-27-16-10-15(11-17(12-16)28-2)21(26)24-19-8-4-3-7-18(19)23-20(25)14-6-5-9-22-13-14/h3-13H,1-2H3,(H,23,25)(H,24,26). The molecular weight excluding hydrogens is 358 g/mol. The second-order valence-corrected chi connectivity index (χ2v) is 5.80. The van der Waals surface area contributed by atoms with E-state index in [0.717, 1.165) is 0 Å². The topological polar surface area (TPSA) is 89.5 Å². The lowest BCUT2D eigenvalue weighted by Gasteiger charge is -2.13. The summed E-state index contributed by atoms with van der Waals surface area (Å²) in [6, 6.07) is 15.2. The molecule has 0 bridgehead atoms. The number of methoxy groups -OCH3 is 2. The first-order chi connectivity index (χ1) is 13.6. The van der Waals surface area contributed by atoms with Gasteiger partial charge in [0, 0.05) is 24.0 Å². The molecule has 7 heteroatoms. The Labute approximate surface area is 162 Å². The molecule has 0 aliphatic rings. The zero-order valence-electron chi connectivity index (χ0n) is 15.4. The van der Waals surface area contributed by atoms with Gasteiger partial charge in [-0.25, -0.2) is 0 Å². The Morgan fingerprint density at radius 2 is 1.36 bits per heavy atom. The number of rotatable bonds is 6.